The average molecular weight is 366 g/mol. The van der Waals surface area contributed by atoms with Gasteiger partial charge in [0.1, 0.15) is 0 Å². The number of para-hydroxylation sites is 1. The minimum absolute atomic E-state index is 0.177. The molecular formula is C18H24F2N4S. The van der Waals surface area contributed by atoms with Crippen LogP contribution in [0.2, 0.25) is 0 Å². The van der Waals surface area contributed by atoms with Gasteiger partial charge in [-0.1, -0.05) is 31.5 Å². The van der Waals surface area contributed by atoms with Crippen LogP contribution < -0.4 is 4.90 Å². The number of H-pyrrole nitrogens is 1. The monoisotopic (exact) mass is 366 g/mol. The maximum atomic E-state index is 13.0. The third kappa shape index (κ3) is 4.33. The highest BCUT2D eigenvalue weighted by Gasteiger charge is 2.29. The molecule has 2 heterocycles. The van der Waals surface area contributed by atoms with E-state index in [9.17, 15) is 8.78 Å². The van der Waals surface area contributed by atoms with Gasteiger partial charge in [-0.3, -0.25) is 0 Å². The van der Waals surface area contributed by atoms with Crippen LogP contribution in [0.4, 0.5) is 14.5 Å². The number of fused-ring (bicyclic) bond motifs is 1. The first-order valence-electron chi connectivity index (χ1n) is 8.61. The van der Waals surface area contributed by atoms with Crippen LogP contribution in [0, 0.1) is 6.92 Å². The van der Waals surface area contributed by atoms with Gasteiger partial charge in [0.05, 0.1) is 18.6 Å². The van der Waals surface area contributed by atoms with Gasteiger partial charge in [0.25, 0.3) is 5.76 Å². The normalized spacial score (nSPS) is 18.4. The summed E-state index contributed by atoms with van der Waals surface area (Å²) >= 11 is 0.647. The van der Waals surface area contributed by atoms with E-state index in [2.05, 4.69) is 27.9 Å². The van der Waals surface area contributed by atoms with E-state index in [0.717, 1.165) is 35.5 Å². The van der Waals surface area contributed by atoms with Gasteiger partial charge in [0.2, 0.25) is 0 Å². The second kappa shape index (κ2) is 8.19. The number of hydrogen-bond donors (Lipinski definition) is 1. The number of nitrogens with one attached hydrogen (secondary N) is 1. The Morgan fingerprint density at radius 1 is 1.36 bits per heavy atom. The molecular weight excluding hydrogens is 342 g/mol. The number of halogens is 2. The summed E-state index contributed by atoms with van der Waals surface area (Å²) in [5, 5.41) is 0. The van der Waals surface area contributed by atoms with Crippen LogP contribution in [0.3, 0.4) is 0 Å². The van der Waals surface area contributed by atoms with Crippen LogP contribution in [-0.4, -0.2) is 32.6 Å². The van der Waals surface area contributed by atoms with Crippen LogP contribution in [0.15, 0.2) is 30.6 Å². The molecule has 0 saturated carbocycles. The predicted molar refractivity (Wildman–Crippen MR) is 98.7 cm³/mol. The molecule has 0 bridgehead atoms. The molecule has 1 aromatic heterocycles. The number of rotatable bonds is 6. The van der Waals surface area contributed by atoms with E-state index >= 15 is 0 Å². The molecule has 25 heavy (non-hydrogen) atoms. The lowest BCUT2D eigenvalue weighted by Crippen LogP contribution is -2.40. The highest BCUT2D eigenvalue weighted by atomic mass is 32.2. The van der Waals surface area contributed by atoms with E-state index in [1.807, 2.05) is 25.1 Å². The van der Waals surface area contributed by atoms with Gasteiger partial charge < -0.3 is 9.88 Å². The summed E-state index contributed by atoms with van der Waals surface area (Å²) in [6.07, 6.45) is 3.68. The fraction of sp³-hybridized carbons (Fsp3) is 0.500. The van der Waals surface area contributed by atoms with Gasteiger partial charge in [-0.15, -0.1) is 0 Å². The van der Waals surface area contributed by atoms with Crippen molar-refractivity contribution in [1.29, 1.82) is 0 Å². The lowest BCUT2D eigenvalue weighted by Gasteiger charge is -2.33. The zero-order valence-electron chi connectivity index (χ0n) is 14.6. The number of nitrogens with zero attached hydrogens (tertiary/aromatic N) is 3. The lowest BCUT2D eigenvalue weighted by atomic mass is 10.1. The van der Waals surface area contributed by atoms with E-state index in [-0.39, 0.29) is 6.04 Å². The van der Waals surface area contributed by atoms with Gasteiger partial charge in [0, 0.05) is 30.5 Å². The Balaban J connectivity index is 1.96. The number of anilines is 1. The zero-order valence-corrected chi connectivity index (χ0v) is 15.4. The van der Waals surface area contributed by atoms with Gasteiger partial charge in [-0.05, 0) is 36.9 Å². The first-order valence-corrected chi connectivity index (χ1v) is 9.45. The number of aromatic nitrogens is 2. The van der Waals surface area contributed by atoms with E-state index in [1.54, 1.807) is 10.6 Å². The average Bonchev–Trinajstić information content (AvgIpc) is 2.91. The second-order valence-corrected chi connectivity index (χ2v) is 7.45. The molecule has 1 atom stereocenters. The summed E-state index contributed by atoms with van der Waals surface area (Å²) in [6, 6.07) is 8.30. The Morgan fingerprint density at radius 3 is 2.84 bits per heavy atom. The third-order valence-electron chi connectivity index (χ3n) is 4.61. The zero-order chi connectivity index (χ0) is 17.8. The third-order valence-corrected chi connectivity index (χ3v) is 5.34. The Morgan fingerprint density at radius 2 is 2.16 bits per heavy atom. The van der Waals surface area contributed by atoms with E-state index in [4.69, 9.17) is 0 Å². The largest absolute Gasteiger partial charge is 0.361 e. The Kier molecular flexibility index (Phi) is 5.96. The fourth-order valence-electron chi connectivity index (χ4n) is 3.41. The molecule has 0 saturated heterocycles. The maximum Gasteiger partial charge on any atom is 0.298 e. The molecule has 3 rings (SSSR count). The van der Waals surface area contributed by atoms with E-state index < -0.39 is 5.76 Å². The minimum Gasteiger partial charge on any atom is -0.361 e. The summed E-state index contributed by atoms with van der Waals surface area (Å²) in [6.45, 7) is 5.98. The first kappa shape index (κ1) is 18.2. The van der Waals surface area contributed by atoms with Crippen molar-refractivity contribution in [2.75, 3.05) is 11.4 Å². The summed E-state index contributed by atoms with van der Waals surface area (Å²) in [7, 11) is 0. The highest BCUT2D eigenvalue weighted by molar-refractivity contribution is 7.97. The number of alkyl halides is 2. The smallest absolute Gasteiger partial charge is 0.298 e. The van der Waals surface area contributed by atoms with Crippen LogP contribution >= 0.6 is 11.9 Å². The summed E-state index contributed by atoms with van der Waals surface area (Å²) in [5.74, 6) is -2.39. The SMILES string of the molecule is CCCC1CN(SC(F)F)Cc2ccccc2N1Cc1nc[nH]c1C. The van der Waals surface area contributed by atoms with Crippen LogP contribution in [0.25, 0.3) is 0 Å². The number of aryl methyl sites for hydroxylation is 1. The number of benzene rings is 1. The van der Waals surface area contributed by atoms with Crippen molar-refractivity contribution in [2.45, 2.75) is 51.6 Å². The predicted octanol–water partition coefficient (Wildman–Crippen LogP) is 4.58. The first-order chi connectivity index (χ1) is 12.1. The van der Waals surface area contributed by atoms with Crippen molar-refractivity contribution >= 4 is 17.6 Å². The van der Waals surface area contributed by atoms with Gasteiger partial charge >= 0.3 is 0 Å². The van der Waals surface area contributed by atoms with Crippen molar-refractivity contribution in [3.63, 3.8) is 0 Å². The van der Waals surface area contributed by atoms with Gasteiger partial charge in [0.15, 0.2) is 0 Å². The van der Waals surface area contributed by atoms with Crippen molar-refractivity contribution in [1.82, 2.24) is 14.3 Å². The van der Waals surface area contributed by atoms with Crippen LogP contribution in [-0.2, 0) is 13.1 Å². The molecule has 0 radical (unpaired) electrons. The number of hydrogen-bond acceptors (Lipinski definition) is 4. The molecule has 0 spiro atoms. The van der Waals surface area contributed by atoms with Crippen molar-refractivity contribution in [3.8, 4) is 0 Å². The van der Waals surface area contributed by atoms with Gasteiger partial charge in [-0.25, -0.2) is 9.29 Å². The molecule has 4 nitrogen and oxygen atoms in total. The molecule has 1 unspecified atom stereocenters. The fourth-order valence-corrected chi connectivity index (χ4v) is 4.10. The summed E-state index contributed by atoms with van der Waals surface area (Å²) in [5.41, 5.74) is 4.27. The van der Waals surface area contributed by atoms with Crippen LogP contribution in [0.5, 0.6) is 0 Å². The summed E-state index contributed by atoms with van der Waals surface area (Å²) < 4.78 is 27.8. The molecule has 1 aliphatic rings. The molecule has 1 N–H and O–H groups in total. The molecule has 136 valence electrons. The van der Waals surface area contributed by atoms with Crippen molar-refractivity contribution in [2.24, 2.45) is 0 Å². The Labute approximate surface area is 151 Å². The molecule has 0 amide bonds. The molecule has 1 aromatic carbocycles. The Hall–Kier alpha value is -1.60. The number of aromatic amines is 1. The van der Waals surface area contributed by atoms with E-state index in [1.165, 1.54) is 0 Å². The molecule has 0 aliphatic carbocycles. The van der Waals surface area contributed by atoms with Gasteiger partial charge in [-0.2, -0.15) is 8.78 Å². The minimum atomic E-state index is -2.39. The van der Waals surface area contributed by atoms with Crippen molar-refractivity contribution in [3.05, 3.63) is 47.5 Å². The number of imidazole rings is 1. The molecule has 1 aliphatic heterocycles. The maximum absolute atomic E-state index is 13.0. The summed E-state index contributed by atoms with van der Waals surface area (Å²) in [4.78, 5) is 9.91. The quantitative estimate of drug-likeness (QED) is 0.759. The van der Waals surface area contributed by atoms with E-state index in [0.29, 0.717) is 31.6 Å². The standard InChI is InChI=1S/C18H24F2N4S/c1-3-6-15-10-23(25-18(19)20)9-14-7-4-5-8-17(14)24(15)11-16-13(2)21-12-22-16/h4-5,7-8,12,15,18H,3,6,9-11H2,1-2H3,(H,21,22). The molecule has 0 fully saturated rings. The Bertz CT molecular complexity index is 691. The highest BCUT2D eigenvalue weighted by Crippen LogP contribution is 2.34. The molecule has 2 aromatic rings. The molecule has 7 heteroatoms. The van der Waals surface area contributed by atoms with Crippen molar-refractivity contribution < 1.29 is 8.78 Å². The van der Waals surface area contributed by atoms with Crippen LogP contribution in [0.1, 0.15) is 36.7 Å². The second-order valence-electron chi connectivity index (χ2n) is 6.36. The topological polar surface area (TPSA) is 35.2 Å². The lowest BCUT2D eigenvalue weighted by molar-refractivity contribution is 0.242.